The smallest absolute Gasteiger partial charge is 0.239 e. The zero-order valence-corrected chi connectivity index (χ0v) is 11.1. The summed E-state index contributed by atoms with van der Waals surface area (Å²) < 4.78 is 0. The number of amides is 1. The largest absolute Gasteiger partial charge is 0.301 e. The van der Waals surface area contributed by atoms with Gasteiger partial charge in [0.1, 0.15) is 0 Å². The molecule has 0 aromatic carbocycles. The lowest BCUT2D eigenvalue weighted by Crippen LogP contribution is -2.22. The van der Waals surface area contributed by atoms with Crippen LogP contribution in [0.3, 0.4) is 0 Å². The maximum absolute atomic E-state index is 11.6. The summed E-state index contributed by atoms with van der Waals surface area (Å²) in [6.07, 6.45) is 5.99. The second-order valence-corrected chi connectivity index (χ2v) is 5.29. The Bertz CT molecular complexity index is 290. The molecule has 1 unspecified atom stereocenters. The first-order valence-electron chi connectivity index (χ1n) is 5.08. The topological polar surface area (TPSA) is 42.0 Å². The highest BCUT2D eigenvalue weighted by atomic mass is 79.9. The predicted molar refractivity (Wildman–Crippen MR) is 67.6 cm³/mol. The van der Waals surface area contributed by atoms with E-state index in [1.165, 1.54) is 24.2 Å². The number of nitrogens with zero attached hydrogens (tertiary/aromatic N) is 1. The van der Waals surface area contributed by atoms with E-state index in [-0.39, 0.29) is 10.7 Å². The van der Waals surface area contributed by atoms with Gasteiger partial charge in [-0.2, -0.15) is 0 Å². The Morgan fingerprint density at radius 2 is 2.47 bits per heavy atom. The number of thiazole rings is 1. The number of hydrogen-bond acceptors (Lipinski definition) is 3. The molecule has 0 fully saturated rings. The fourth-order valence-electron chi connectivity index (χ4n) is 1.17. The normalized spacial score (nSPS) is 12.4. The molecule has 0 saturated carbocycles. The second kappa shape index (κ2) is 6.95. The van der Waals surface area contributed by atoms with Gasteiger partial charge in [0.2, 0.25) is 5.91 Å². The van der Waals surface area contributed by atoms with Gasteiger partial charge in [0.25, 0.3) is 0 Å². The van der Waals surface area contributed by atoms with Gasteiger partial charge in [0.05, 0.1) is 4.83 Å². The molecule has 0 radical (unpaired) electrons. The summed E-state index contributed by atoms with van der Waals surface area (Å²) in [7, 11) is 0. The molecule has 3 nitrogen and oxygen atoms in total. The van der Waals surface area contributed by atoms with Crippen molar-refractivity contribution in [3.05, 3.63) is 11.6 Å². The molecular formula is C10H15BrN2OS. The van der Waals surface area contributed by atoms with E-state index in [4.69, 9.17) is 0 Å². The SMILES string of the molecule is CCCCCC(Br)C(=O)Nc1nccs1. The highest BCUT2D eigenvalue weighted by Gasteiger charge is 2.14. The fraction of sp³-hybridized carbons (Fsp3) is 0.600. The van der Waals surface area contributed by atoms with E-state index >= 15 is 0 Å². The van der Waals surface area contributed by atoms with Gasteiger partial charge in [0.15, 0.2) is 5.13 Å². The fourth-order valence-corrected chi connectivity index (χ4v) is 2.14. The molecule has 84 valence electrons. The lowest BCUT2D eigenvalue weighted by atomic mass is 10.1. The van der Waals surface area contributed by atoms with E-state index in [0.29, 0.717) is 5.13 Å². The summed E-state index contributed by atoms with van der Waals surface area (Å²) in [6, 6.07) is 0. The van der Waals surface area contributed by atoms with Crippen molar-refractivity contribution in [1.82, 2.24) is 4.98 Å². The number of hydrogen-bond donors (Lipinski definition) is 1. The van der Waals surface area contributed by atoms with E-state index in [2.05, 4.69) is 33.2 Å². The van der Waals surface area contributed by atoms with Crippen LogP contribution in [0.25, 0.3) is 0 Å². The van der Waals surface area contributed by atoms with Crippen LogP contribution in [-0.4, -0.2) is 15.7 Å². The second-order valence-electron chi connectivity index (χ2n) is 3.29. The van der Waals surface area contributed by atoms with Crippen LogP contribution in [0.4, 0.5) is 5.13 Å². The third-order valence-corrected chi connectivity index (χ3v) is 3.57. The van der Waals surface area contributed by atoms with Crippen LogP contribution in [0.5, 0.6) is 0 Å². The number of carbonyl (C=O) groups excluding carboxylic acids is 1. The first-order chi connectivity index (χ1) is 7.24. The summed E-state index contributed by atoms with van der Waals surface area (Å²) in [5, 5.41) is 5.28. The van der Waals surface area contributed by atoms with Crippen LogP contribution >= 0.6 is 27.3 Å². The van der Waals surface area contributed by atoms with Gasteiger partial charge in [-0.3, -0.25) is 4.79 Å². The highest BCUT2D eigenvalue weighted by Crippen LogP contribution is 2.16. The van der Waals surface area contributed by atoms with Gasteiger partial charge in [0, 0.05) is 11.6 Å². The number of aromatic nitrogens is 1. The van der Waals surface area contributed by atoms with Gasteiger partial charge in [-0.25, -0.2) is 4.98 Å². The van der Waals surface area contributed by atoms with Crippen LogP contribution in [0, 0.1) is 0 Å². The predicted octanol–water partition coefficient (Wildman–Crippen LogP) is 3.43. The van der Waals surface area contributed by atoms with Gasteiger partial charge in [-0.15, -0.1) is 11.3 Å². The first kappa shape index (κ1) is 12.6. The summed E-state index contributed by atoms with van der Waals surface area (Å²) in [6.45, 7) is 2.15. The van der Waals surface area contributed by atoms with E-state index < -0.39 is 0 Å². The Hall–Kier alpha value is -0.420. The minimum atomic E-state index is -0.104. The van der Waals surface area contributed by atoms with Crippen LogP contribution < -0.4 is 5.32 Å². The quantitative estimate of drug-likeness (QED) is 0.644. The third kappa shape index (κ3) is 4.75. The van der Waals surface area contributed by atoms with Crippen LogP contribution in [0.15, 0.2) is 11.6 Å². The zero-order valence-electron chi connectivity index (χ0n) is 8.70. The Kier molecular flexibility index (Phi) is 5.86. The molecule has 1 aromatic heterocycles. The number of unbranched alkanes of at least 4 members (excludes halogenated alkanes) is 2. The lowest BCUT2D eigenvalue weighted by Gasteiger charge is -2.08. The van der Waals surface area contributed by atoms with Crippen molar-refractivity contribution in [2.75, 3.05) is 5.32 Å². The molecule has 1 amide bonds. The maximum Gasteiger partial charge on any atom is 0.239 e. The molecule has 0 aliphatic heterocycles. The minimum absolute atomic E-state index is 0.000975. The first-order valence-corrected chi connectivity index (χ1v) is 6.88. The third-order valence-electron chi connectivity index (χ3n) is 2.01. The van der Waals surface area contributed by atoms with Gasteiger partial charge < -0.3 is 5.32 Å². The lowest BCUT2D eigenvalue weighted by molar-refractivity contribution is -0.115. The summed E-state index contributed by atoms with van der Waals surface area (Å²) >= 11 is 4.82. The van der Waals surface area contributed by atoms with Crippen molar-refractivity contribution in [2.45, 2.75) is 37.4 Å². The number of rotatable bonds is 6. The number of carbonyl (C=O) groups is 1. The van der Waals surface area contributed by atoms with Crippen molar-refractivity contribution < 1.29 is 4.79 Å². The van der Waals surface area contributed by atoms with Gasteiger partial charge in [-0.05, 0) is 6.42 Å². The Balaban J connectivity index is 2.27. The molecule has 0 spiro atoms. The molecule has 0 aliphatic carbocycles. The Morgan fingerprint density at radius 1 is 1.67 bits per heavy atom. The van der Waals surface area contributed by atoms with Crippen molar-refractivity contribution in [2.24, 2.45) is 0 Å². The molecule has 0 bridgehead atoms. The molecule has 1 rings (SSSR count). The number of halogens is 1. The highest BCUT2D eigenvalue weighted by molar-refractivity contribution is 9.10. The van der Waals surface area contributed by atoms with Gasteiger partial charge >= 0.3 is 0 Å². The van der Waals surface area contributed by atoms with Crippen molar-refractivity contribution in [3.8, 4) is 0 Å². The zero-order chi connectivity index (χ0) is 11.1. The van der Waals surface area contributed by atoms with Crippen LogP contribution in [0.2, 0.25) is 0 Å². The van der Waals surface area contributed by atoms with Crippen molar-refractivity contribution in [1.29, 1.82) is 0 Å². The monoisotopic (exact) mass is 290 g/mol. The average Bonchev–Trinajstić information content (AvgIpc) is 2.70. The van der Waals surface area contributed by atoms with E-state index in [1.54, 1.807) is 6.20 Å². The number of nitrogens with one attached hydrogen (secondary N) is 1. The Morgan fingerprint density at radius 3 is 3.07 bits per heavy atom. The molecule has 1 atom stereocenters. The van der Waals surface area contributed by atoms with Crippen molar-refractivity contribution >= 4 is 38.3 Å². The molecule has 1 N–H and O–H groups in total. The van der Waals surface area contributed by atoms with Crippen LogP contribution in [-0.2, 0) is 4.79 Å². The molecule has 1 heterocycles. The van der Waals surface area contributed by atoms with E-state index in [1.807, 2.05) is 5.38 Å². The molecule has 1 aromatic rings. The van der Waals surface area contributed by atoms with Crippen LogP contribution in [0.1, 0.15) is 32.6 Å². The number of anilines is 1. The summed E-state index contributed by atoms with van der Waals surface area (Å²) in [4.78, 5) is 15.5. The minimum Gasteiger partial charge on any atom is -0.301 e. The van der Waals surface area contributed by atoms with Crippen molar-refractivity contribution in [3.63, 3.8) is 0 Å². The van der Waals surface area contributed by atoms with E-state index in [9.17, 15) is 4.79 Å². The maximum atomic E-state index is 11.6. The molecule has 0 aliphatic rings. The van der Waals surface area contributed by atoms with Gasteiger partial charge in [-0.1, -0.05) is 42.1 Å². The standard InChI is InChI=1S/C10H15BrN2OS/c1-2-3-4-5-8(11)9(14)13-10-12-6-7-15-10/h6-8H,2-5H2,1H3,(H,12,13,14). The molecular weight excluding hydrogens is 276 g/mol. The summed E-state index contributed by atoms with van der Waals surface area (Å²) in [5.74, 6) is 0.000975. The summed E-state index contributed by atoms with van der Waals surface area (Å²) in [5.41, 5.74) is 0. The molecule has 5 heteroatoms. The number of alkyl halides is 1. The molecule has 15 heavy (non-hydrogen) atoms. The Labute approximate surface area is 102 Å². The molecule has 0 saturated heterocycles. The average molecular weight is 291 g/mol. The van der Waals surface area contributed by atoms with E-state index in [0.717, 1.165) is 12.8 Å².